The fraction of sp³-hybridized carbons (Fsp3) is 0.739. The molecule has 2 fully saturated rings. The molecule has 4 nitrogen and oxygen atoms in total. The lowest BCUT2D eigenvalue weighted by Gasteiger charge is -2.42. The van der Waals surface area contributed by atoms with E-state index in [1.807, 2.05) is 31.2 Å². The van der Waals surface area contributed by atoms with Crippen molar-refractivity contribution in [3.05, 3.63) is 29.8 Å². The van der Waals surface area contributed by atoms with Crippen molar-refractivity contribution in [2.24, 2.45) is 11.3 Å². The molecule has 0 bridgehead atoms. The van der Waals surface area contributed by atoms with Gasteiger partial charge in [-0.3, -0.25) is 4.90 Å². The van der Waals surface area contributed by atoms with Crippen LogP contribution in [0.15, 0.2) is 24.3 Å². The van der Waals surface area contributed by atoms with Crippen LogP contribution in [0.4, 0.5) is 0 Å². The zero-order valence-electron chi connectivity index (χ0n) is 17.5. The highest BCUT2D eigenvalue weighted by atomic mass is 16.5. The number of rotatable bonds is 4. The maximum Gasteiger partial charge on any atom is 0.134 e. The van der Waals surface area contributed by atoms with Gasteiger partial charge in [0.15, 0.2) is 0 Å². The summed E-state index contributed by atoms with van der Waals surface area (Å²) < 4.78 is 11.7. The van der Waals surface area contributed by atoms with E-state index < -0.39 is 5.60 Å². The van der Waals surface area contributed by atoms with Crippen molar-refractivity contribution < 1.29 is 14.6 Å². The number of nitrogens with zero attached hydrogens (tertiary/aromatic N) is 1. The third kappa shape index (κ3) is 5.46. The summed E-state index contributed by atoms with van der Waals surface area (Å²) in [5.41, 5.74) is 0.530. The highest BCUT2D eigenvalue weighted by Crippen LogP contribution is 2.39. The summed E-state index contributed by atoms with van der Waals surface area (Å²) in [4.78, 5) is 2.45. The number of β-amino-alcohol motifs (C(OH)–C–C–N with tert-alkyl or cyclic N) is 1. The first kappa shape index (κ1) is 20.6. The molecule has 1 saturated carbocycles. The van der Waals surface area contributed by atoms with E-state index in [1.165, 1.54) is 25.7 Å². The molecule has 1 heterocycles. The Balaban J connectivity index is 1.59. The molecule has 1 saturated heterocycles. The van der Waals surface area contributed by atoms with Crippen LogP contribution < -0.4 is 4.74 Å². The van der Waals surface area contributed by atoms with Gasteiger partial charge in [0.2, 0.25) is 0 Å². The van der Waals surface area contributed by atoms with E-state index in [-0.39, 0.29) is 6.61 Å². The fourth-order valence-corrected chi connectivity index (χ4v) is 4.58. The third-order valence-corrected chi connectivity index (χ3v) is 6.42. The Kier molecular flexibility index (Phi) is 6.50. The second kappa shape index (κ2) is 8.50. The van der Waals surface area contributed by atoms with Crippen LogP contribution in [0.25, 0.3) is 0 Å². The summed E-state index contributed by atoms with van der Waals surface area (Å²) in [7, 11) is 0. The van der Waals surface area contributed by atoms with E-state index in [0.29, 0.717) is 31.2 Å². The van der Waals surface area contributed by atoms with Crippen molar-refractivity contribution in [3.8, 4) is 5.75 Å². The third-order valence-electron chi connectivity index (χ3n) is 6.42. The van der Waals surface area contributed by atoms with Gasteiger partial charge in [0.05, 0.1) is 13.2 Å². The van der Waals surface area contributed by atoms with Crippen molar-refractivity contribution in [3.63, 3.8) is 0 Å². The predicted octanol–water partition coefficient (Wildman–Crippen LogP) is 4.04. The topological polar surface area (TPSA) is 41.9 Å². The maximum atomic E-state index is 11.2. The minimum Gasteiger partial charge on any atom is -0.490 e. The molecule has 1 aromatic rings. The molecule has 1 atom stereocenters. The van der Waals surface area contributed by atoms with Gasteiger partial charge in [-0.2, -0.15) is 0 Å². The summed E-state index contributed by atoms with van der Waals surface area (Å²) in [6.45, 7) is 11.9. The minimum absolute atomic E-state index is 0.270. The first-order valence-corrected chi connectivity index (χ1v) is 10.5. The van der Waals surface area contributed by atoms with Crippen LogP contribution >= 0.6 is 0 Å². The quantitative estimate of drug-likeness (QED) is 0.862. The van der Waals surface area contributed by atoms with Crippen molar-refractivity contribution in [1.82, 2.24) is 4.90 Å². The van der Waals surface area contributed by atoms with E-state index in [2.05, 4.69) is 25.7 Å². The first-order chi connectivity index (χ1) is 12.8. The molecular formula is C23H37NO3. The van der Waals surface area contributed by atoms with Crippen LogP contribution in [0.5, 0.6) is 5.75 Å². The fourth-order valence-electron chi connectivity index (χ4n) is 4.58. The molecule has 4 heteroatoms. The summed E-state index contributed by atoms with van der Waals surface area (Å²) in [5.74, 6) is 1.65. The molecule has 0 aromatic heterocycles. The average molecular weight is 376 g/mol. The van der Waals surface area contributed by atoms with Crippen LogP contribution in [0, 0.1) is 18.3 Å². The lowest BCUT2D eigenvalue weighted by Crippen LogP contribution is -2.52. The first-order valence-electron chi connectivity index (χ1n) is 10.5. The number of aryl methyl sites for hydroxylation is 1. The van der Waals surface area contributed by atoms with Gasteiger partial charge in [-0.1, -0.05) is 39.0 Å². The Hall–Kier alpha value is -1.10. The lowest BCUT2D eigenvalue weighted by atomic mass is 9.71. The monoisotopic (exact) mass is 375 g/mol. The second-order valence-electron chi connectivity index (χ2n) is 9.67. The summed E-state index contributed by atoms with van der Waals surface area (Å²) >= 11 is 0. The molecule has 1 N–H and O–H groups in total. The zero-order chi connectivity index (χ0) is 19.5. The number of hydrogen-bond acceptors (Lipinski definition) is 4. The Morgan fingerprint density at radius 3 is 2.56 bits per heavy atom. The van der Waals surface area contributed by atoms with Crippen molar-refractivity contribution in [2.45, 2.75) is 65.0 Å². The van der Waals surface area contributed by atoms with Gasteiger partial charge in [0.25, 0.3) is 0 Å². The van der Waals surface area contributed by atoms with Crippen molar-refractivity contribution >= 4 is 0 Å². The largest absolute Gasteiger partial charge is 0.490 e. The van der Waals surface area contributed by atoms with Gasteiger partial charge >= 0.3 is 0 Å². The highest BCUT2D eigenvalue weighted by molar-refractivity contribution is 5.31. The van der Waals surface area contributed by atoms with Crippen molar-refractivity contribution in [1.29, 1.82) is 0 Å². The molecule has 27 heavy (non-hydrogen) atoms. The molecule has 1 aromatic carbocycles. The number of para-hydroxylation sites is 1. The maximum absolute atomic E-state index is 11.2. The van der Waals surface area contributed by atoms with E-state index in [1.54, 1.807) is 0 Å². The Labute approximate surface area is 164 Å². The van der Waals surface area contributed by atoms with E-state index >= 15 is 0 Å². The molecule has 1 unspecified atom stereocenters. The zero-order valence-corrected chi connectivity index (χ0v) is 17.5. The van der Waals surface area contributed by atoms with Gasteiger partial charge in [-0.05, 0) is 55.6 Å². The molecule has 1 aliphatic heterocycles. The van der Waals surface area contributed by atoms with Crippen LogP contribution in [0.1, 0.15) is 52.0 Å². The van der Waals surface area contributed by atoms with Gasteiger partial charge in [0, 0.05) is 19.1 Å². The minimum atomic E-state index is -0.959. The molecule has 1 aliphatic carbocycles. The van der Waals surface area contributed by atoms with E-state index in [4.69, 9.17) is 9.47 Å². The Morgan fingerprint density at radius 1 is 1.19 bits per heavy atom. The van der Waals surface area contributed by atoms with Gasteiger partial charge < -0.3 is 14.6 Å². The van der Waals surface area contributed by atoms with E-state index in [9.17, 15) is 5.11 Å². The number of ether oxygens (including phenoxy) is 2. The van der Waals surface area contributed by atoms with Gasteiger partial charge in [0.1, 0.15) is 18.0 Å². The van der Waals surface area contributed by atoms with Crippen molar-refractivity contribution in [2.75, 3.05) is 32.9 Å². The smallest absolute Gasteiger partial charge is 0.134 e. The SMILES string of the molecule is Cc1ccccc1OCC1(O)COCCN(C2CCC(C(C)(C)C)CC2)C1. The number of benzene rings is 1. The summed E-state index contributed by atoms with van der Waals surface area (Å²) in [6, 6.07) is 8.51. The molecule has 3 rings (SSSR count). The average Bonchev–Trinajstić information content (AvgIpc) is 2.83. The van der Waals surface area contributed by atoms with Crippen LogP contribution in [-0.4, -0.2) is 54.6 Å². The standard InChI is InChI=1S/C23H37NO3/c1-18-7-5-6-8-21(18)27-17-23(25)15-24(13-14-26-16-23)20-11-9-19(10-12-20)22(2,3)4/h5-8,19-20,25H,9-17H2,1-4H3. The molecule has 152 valence electrons. The molecule has 0 amide bonds. The van der Waals surface area contributed by atoms with Crippen LogP contribution in [0.2, 0.25) is 0 Å². The normalized spacial score (nSPS) is 30.7. The molecule has 0 spiro atoms. The number of aliphatic hydroxyl groups is 1. The molecule has 2 aliphatic rings. The highest BCUT2D eigenvalue weighted by Gasteiger charge is 2.38. The van der Waals surface area contributed by atoms with Gasteiger partial charge in [-0.25, -0.2) is 0 Å². The second-order valence-corrected chi connectivity index (χ2v) is 9.67. The Morgan fingerprint density at radius 2 is 1.89 bits per heavy atom. The summed E-state index contributed by atoms with van der Waals surface area (Å²) in [5, 5.41) is 11.2. The molecule has 0 radical (unpaired) electrons. The number of hydrogen-bond donors (Lipinski definition) is 1. The Bertz CT molecular complexity index is 604. The predicted molar refractivity (Wildman–Crippen MR) is 109 cm³/mol. The summed E-state index contributed by atoms with van der Waals surface area (Å²) in [6.07, 6.45) is 5.00. The van der Waals surface area contributed by atoms with E-state index in [0.717, 1.165) is 23.8 Å². The molecular weight excluding hydrogens is 338 g/mol. The van der Waals surface area contributed by atoms with Crippen LogP contribution in [-0.2, 0) is 4.74 Å². The van der Waals surface area contributed by atoms with Gasteiger partial charge in [-0.15, -0.1) is 0 Å². The lowest BCUT2D eigenvalue weighted by molar-refractivity contribution is -0.0692. The van der Waals surface area contributed by atoms with Crippen LogP contribution in [0.3, 0.4) is 0 Å².